The number of aliphatic hydroxyl groups excluding tert-OH is 1. The van der Waals surface area contributed by atoms with Crippen molar-refractivity contribution in [3.63, 3.8) is 0 Å². The fourth-order valence-electron chi connectivity index (χ4n) is 1.99. The first kappa shape index (κ1) is 14.4. The van der Waals surface area contributed by atoms with Gasteiger partial charge < -0.3 is 14.8 Å². The summed E-state index contributed by atoms with van der Waals surface area (Å²) in [4.78, 5) is 30.5. The lowest BCUT2D eigenvalue weighted by Gasteiger charge is -2.26. The molecule has 10 nitrogen and oxygen atoms in total. The summed E-state index contributed by atoms with van der Waals surface area (Å²) in [6, 6.07) is -0.0848. The summed E-state index contributed by atoms with van der Waals surface area (Å²) in [5.74, 6) is 0. The summed E-state index contributed by atoms with van der Waals surface area (Å²) in [6.07, 6.45) is 0.613. The SMILES string of the molecule is O=[N+]([O-])OCC(CN1CCCC1CO)O[N+](=O)[O-]. The smallest absolute Gasteiger partial charge is 0.294 e. The molecule has 10 heteroatoms. The number of hydrogen-bond acceptors (Lipinski definition) is 8. The van der Waals surface area contributed by atoms with E-state index < -0.39 is 22.9 Å². The lowest BCUT2D eigenvalue weighted by atomic mass is 10.2. The van der Waals surface area contributed by atoms with Gasteiger partial charge in [0.05, 0.1) is 6.61 Å². The van der Waals surface area contributed by atoms with Gasteiger partial charge in [0, 0.05) is 12.6 Å². The fourth-order valence-corrected chi connectivity index (χ4v) is 1.99. The topological polar surface area (TPSA) is 128 Å². The third-order valence-corrected chi connectivity index (χ3v) is 2.75. The van der Waals surface area contributed by atoms with Gasteiger partial charge in [-0.1, -0.05) is 0 Å². The summed E-state index contributed by atoms with van der Waals surface area (Å²) < 4.78 is 0. The van der Waals surface area contributed by atoms with Crippen LogP contribution in [0, 0.1) is 20.2 Å². The van der Waals surface area contributed by atoms with Crippen molar-refractivity contribution < 1.29 is 25.0 Å². The number of rotatable bonds is 8. The molecular formula is C8H15N3O7. The molecule has 0 spiro atoms. The van der Waals surface area contributed by atoms with Crippen LogP contribution < -0.4 is 0 Å². The van der Waals surface area contributed by atoms with Gasteiger partial charge in [0.2, 0.25) is 0 Å². The minimum absolute atomic E-state index is 0.0543. The summed E-state index contributed by atoms with van der Waals surface area (Å²) >= 11 is 0. The van der Waals surface area contributed by atoms with Crippen molar-refractivity contribution in [1.29, 1.82) is 0 Å². The molecule has 2 unspecified atom stereocenters. The number of hydrogen-bond donors (Lipinski definition) is 1. The van der Waals surface area contributed by atoms with Gasteiger partial charge in [0.1, 0.15) is 12.7 Å². The van der Waals surface area contributed by atoms with E-state index in [1.807, 2.05) is 0 Å². The van der Waals surface area contributed by atoms with Crippen molar-refractivity contribution in [3.05, 3.63) is 20.2 Å². The Hall–Kier alpha value is -1.68. The summed E-state index contributed by atoms with van der Waals surface area (Å²) in [6.45, 7) is 0.214. The zero-order valence-corrected chi connectivity index (χ0v) is 9.64. The van der Waals surface area contributed by atoms with Gasteiger partial charge in [-0.25, -0.2) is 0 Å². The summed E-state index contributed by atoms with van der Waals surface area (Å²) in [5, 5.41) is 27.4. The number of aliphatic hydroxyl groups is 1. The van der Waals surface area contributed by atoms with Crippen molar-refractivity contribution in [3.8, 4) is 0 Å². The van der Waals surface area contributed by atoms with Gasteiger partial charge in [-0.05, 0) is 19.4 Å². The maximum atomic E-state index is 10.3. The molecular weight excluding hydrogens is 250 g/mol. The Labute approximate surface area is 102 Å². The Morgan fingerprint density at radius 3 is 2.67 bits per heavy atom. The highest BCUT2D eigenvalue weighted by Crippen LogP contribution is 2.17. The van der Waals surface area contributed by atoms with Gasteiger partial charge in [0.25, 0.3) is 10.2 Å². The highest BCUT2D eigenvalue weighted by atomic mass is 17.0. The van der Waals surface area contributed by atoms with Crippen LogP contribution in [-0.4, -0.2) is 58.6 Å². The molecule has 0 aliphatic carbocycles. The maximum absolute atomic E-state index is 10.3. The molecule has 1 rings (SSSR count). The van der Waals surface area contributed by atoms with Crippen LogP contribution in [0.15, 0.2) is 0 Å². The minimum Gasteiger partial charge on any atom is -0.395 e. The van der Waals surface area contributed by atoms with Crippen LogP contribution in [0.4, 0.5) is 0 Å². The Kier molecular flexibility index (Phi) is 5.52. The molecule has 1 aliphatic heterocycles. The average molecular weight is 265 g/mol. The monoisotopic (exact) mass is 265 g/mol. The molecule has 1 N–H and O–H groups in total. The van der Waals surface area contributed by atoms with Crippen molar-refractivity contribution in [2.75, 3.05) is 26.3 Å². The third-order valence-electron chi connectivity index (χ3n) is 2.75. The Bertz CT molecular complexity index is 300. The highest BCUT2D eigenvalue weighted by Gasteiger charge is 2.28. The minimum atomic E-state index is -1.04. The maximum Gasteiger partial charge on any atom is 0.294 e. The summed E-state index contributed by atoms with van der Waals surface area (Å²) in [5.41, 5.74) is 0. The molecule has 0 radical (unpaired) electrons. The van der Waals surface area contributed by atoms with E-state index in [9.17, 15) is 20.2 Å². The zero-order valence-electron chi connectivity index (χ0n) is 9.64. The van der Waals surface area contributed by atoms with Crippen LogP contribution in [0.2, 0.25) is 0 Å². The van der Waals surface area contributed by atoms with Gasteiger partial charge >= 0.3 is 0 Å². The van der Waals surface area contributed by atoms with E-state index in [0.29, 0.717) is 6.54 Å². The first-order chi connectivity index (χ1) is 8.52. The largest absolute Gasteiger partial charge is 0.395 e. The molecule has 0 amide bonds. The predicted octanol–water partition coefficient (Wildman–Crippen LogP) is -0.772. The van der Waals surface area contributed by atoms with Gasteiger partial charge in [0.15, 0.2) is 0 Å². The molecule has 1 heterocycles. The van der Waals surface area contributed by atoms with Crippen molar-refractivity contribution in [1.82, 2.24) is 4.90 Å². The van der Waals surface area contributed by atoms with E-state index >= 15 is 0 Å². The zero-order chi connectivity index (χ0) is 13.5. The lowest BCUT2D eigenvalue weighted by Crippen LogP contribution is -2.41. The van der Waals surface area contributed by atoms with Crippen LogP contribution >= 0.6 is 0 Å². The Balaban J connectivity index is 2.48. The third kappa shape index (κ3) is 4.67. The first-order valence-electron chi connectivity index (χ1n) is 5.46. The molecule has 0 aromatic heterocycles. The summed E-state index contributed by atoms with van der Waals surface area (Å²) in [7, 11) is 0. The van der Waals surface area contributed by atoms with Crippen molar-refractivity contribution >= 4 is 0 Å². The van der Waals surface area contributed by atoms with Crippen LogP contribution in [0.3, 0.4) is 0 Å². The highest BCUT2D eigenvalue weighted by molar-refractivity contribution is 4.80. The van der Waals surface area contributed by atoms with Crippen LogP contribution in [0.25, 0.3) is 0 Å². The quantitative estimate of drug-likeness (QED) is 0.447. The Morgan fingerprint density at radius 1 is 1.39 bits per heavy atom. The average Bonchev–Trinajstić information content (AvgIpc) is 2.72. The Morgan fingerprint density at radius 2 is 2.11 bits per heavy atom. The molecule has 0 aromatic rings. The molecule has 0 saturated carbocycles. The normalized spacial score (nSPS) is 21.5. The molecule has 104 valence electrons. The van der Waals surface area contributed by atoms with Crippen LogP contribution in [0.5, 0.6) is 0 Å². The fraction of sp³-hybridized carbons (Fsp3) is 1.00. The second-order valence-electron chi connectivity index (χ2n) is 3.94. The molecule has 1 saturated heterocycles. The molecule has 18 heavy (non-hydrogen) atoms. The van der Waals surface area contributed by atoms with Gasteiger partial charge in [-0.3, -0.25) is 4.90 Å². The van der Waals surface area contributed by atoms with E-state index in [1.54, 1.807) is 4.90 Å². The van der Waals surface area contributed by atoms with E-state index in [2.05, 4.69) is 9.68 Å². The van der Waals surface area contributed by atoms with Crippen LogP contribution in [-0.2, 0) is 9.68 Å². The number of nitrogens with zero attached hydrogens (tertiary/aromatic N) is 3. The molecule has 0 aromatic carbocycles. The van der Waals surface area contributed by atoms with E-state index in [0.717, 1.165) is 12.8 Å². The second-order valence-corrected chi connectivity index (χ2v) is 3.94. The van der Waals surface area contributed by atoms with Crippen molar-refractivity contribution in [2.45, 2.75) is 25.0 Å². The van der Waals surface area contributed by atoms with E-state index in [1.165, 1.54) is 0 Å². The molecule has 0 bridgehead atoms. The lowest BCUT2D eigenvalue weighted by molar-refractivity contribution is -0.789. The van der Waals surface area contributed by atoms with E-state index in [-0.39, 0.29) is 19.2 Å². The van der Waals surface area contributed by atoms with Gasteiger partial charge in [-0.15, -0.1) is 20.2 Å². The molecule has 1 aliphatic rings. The predicted molar refractivity (Wildman–Crippen MR) is 56.5 cm³/mol. The van der Waals surface area contributed by atoms with Crippen LogP contribution in [0.1, 0.15) is 12.8 Å². The molecule has 2 atom stereocenters. The number of likely N-dealkylation sites (tertiary alicyclic amines) is 1. The van der Waals surface area contributed by atoms with Crippen molar-refractivity contribution in [2.24, 2.45) is 0 Å². The second kappa shape index (κ2) is 6.91. The van der Waals surface area contributed by atoms with E-state index in [4.69, 9.17) is 5.11 Å². The van der Waals surface area contributed by atoms with Gasteiger partial charge in [-0.2, -0.15) is 0 Å². The first-order valence-corrected chi connectivity index (χ1v) is 5.46. The standard InChI is InChI=1S/C8H15N3O7/c12-5-7-2-1-3-9(7)4-8(18-11(15)16)6-17-10(13)14/h7-8,12H,1-6H2. The molecule has 1 fully saturated rings.